The van der Waals surface area contributed by atoms with Gasteiger partial charge in [-0.1, -0.05) is 12.1 Å². The van der Waals surface area contributed by atoms with Gasteiger partial charge in [0, 0.05) is 18.7 Å². The van der Waals surface area contributed by atoms with Crippen LogP contribution in [0, 0.1) is 0 Å². The molecule has 50 heavy (non-hydrogen) atoms. The van der Waals surface area contributed by atoms with Crippen molar-refractivity contribution in [1.29, 1.82) is 0 Å². The maximum atomic E-state index is 14.1. The Morgan fingerprint density at radius 2 is 1.74 bits per heavy atom. The van der Waals surface area contributed by atoms with Crippen LogP contribution in [0.5, 0.6) is 17.2 Å². The first-order valence-corrected chi connectivity index (χ1v) is 19.1. The SMILES string of the molecule is COc1cc2c(c(OC)c1OC)-c1ccc(N[C@H](CCSC)C(=O)N[C@@H](CCSC)c3nnc4ccccn34)c(=O)cc1[C@@H](NC(C)=O)CC2. The molecule has 4 aromatic rings. The van der Waals surface area contributed by atoms with Crippen LogP contribution < -0.4 is 35.6 Å². The Bertz CT molecular complexity index is 1900. The Kier molecular flexibility index (Phi) is 12.5. The second-order valence-corrected chi connectivity index (χ2v) is 13.9. The van der Waals surface area contributed by atoms with Crippen molar-refractivity contribution in [2.45, 2.75) is 50.7 Å². The Hall–Kier alpha value is -4.43. The molecular formula is C36H44N6O6S2. The number of thioether (sulfide) groups is 2. The molecule has 5 rings (SSSR count). The molecule has 0 fully saturated rings. The van der Waals surface area contributed by atoms with E-state index in [1.165, 1.54) is 6.92 Å². The third-order valence-corrected chi connectivity index (χ3v) is 10.0. The predicted octanol–water partition coefficient (Wildman–Crippen LogP) is 5.05. The highest BCUT2D eigenvalue weighted by Gasteiger charge is 2.30. The number of nitrogens with one attached hydrogen (secondary N) is 3. The van der Waals surface area contributed by atoms with Gasteiger partial charge in [0.15, 0.2) is 23.0 Å². The molecule has 12 nitrogen and oxygen atoms in total. The van der Waals surface area contributed by atoms with E-state index in [2.05, 4.69) is 26.1 Å². The number of pyridine rings is 1. The molecule has 0 aliphatic heterocycles. The van der Waals surface area contributed by atoms with Gasteiger partial charge in [-0.15, -0.1) is 10.2 Å². The fourth-order valence-electron chi connectivity index (χ4n) is 6.39. The number of amides is 2. The minimum Gasteiger partial charge on any atom is -0.493 e. The summed E-state index contributed by atoms with van der Waals surface area (Å²) in [6.45, 7) is 1.46. The molecule has 0 saturated carbocycles. The summed E-state index contributed by atoms with van der Waals surface area (Å²) in [5.74, 6) is 3.10. The van der Waals surface area contributed by atoms with Crippen LogP contribution in [0.15, 0.2) is 53.5 Å². The first-order valence-electron chi connectivity index (χ1n) is 16.4. The largest absolute Gasteiger partial charge is 0.493 e. The van der Waals surface area contributed by atoms with Crippen molar-refractivity contribution in [3.05, 3.63) is 75.8 Å². The van der Waals surface area contributed by atoms with Crippen molar-refractivity contribution < 1.29 is 23.8 Å². The van der Waals surface area contributed by atoms with Crippen LogP contribution in [-0.2, 0) is 16.0 Å². The summed E-state index contributed by atoms with van der Waals surface area (Å²) < 4.78 is 19.1. The Morgan fingerprint density at radius 3 is 2.44 bits per heavy atom. The minimum absolute atomic E-state index is 0.211. The number of anilines is 1. The molecule has 2 aromatic carbocycles. The van der Waals surface area contributed by atoms with E-state index in [4.69, 9.17) is 14.2 Å². The summed E-state index contributed by atoms with van der Waals surface area (Å²) in [6.07, 6.45) is 8.14. The summed E-state index contributed by atoms with van der Waals surface area (Å²) in [5.41, 5.74) is 3.68. The summed E-state index contributed by atoms with van der Waals surface area (Å²) >= 11 is 3.31. The lowest BCUT2D eigenvalue weighted by molar-refractivity contribution is -0.123. The quantitative estimate of drug-likeness (QED) is 0.152. The van der Waals surface area contributed by atoms with Gasteiger partial charge in [0.1, 0.15) is 6.04 Å². The number of rotatable bonds is 15. The van der Waals surface area contributed by atoms with Crippen LogP contribution in [0.25, 0.3) is 16.8 Å². The van der Waals surface area contributed by atoms with Gasteiger partial charge in [0.2, 0.25) is 23.0 Å². The van der Waals surface area contributed by atoms with Crippen LogP contribution in [0.3, 0.4) is 0 Å². The maximum absolute atomic E-state index is 14.1. The Morgan fingerprint density at radius 1 is 0.980 bits per heavy atom. The van der Waals surface area contributed by atoms with E-state index in [1.807, 2.05) is 53.4 Å². The molecule has 2 heterocycles. The molecule has 3 N–H and O–H groups in total. The average Bonchev–Trinajstić information content (AvgIpc) is 3.41. The van der Waals surface area contributed by atoms with Gasteiger partial charge in [-0.25, -0.2) is 0 Å². The fraction of sp³-hybridized carbons (Fsp3) is 0.417. The highest BCUT2D eigenvalue weighted by Crippen LogP contribution is 2.50. The lowest BCUT2D eigenvalue weighted by Gasteiger charge is -2.23. The monoisotopic (exact) mass is 720 g/mol. The molecule has 0 radical (unpaired) electrons. The molecule has 1 aliphatic carbocycles. The van der Waals surface area contributed by atoms with Crippen LogP contribution >= 0.6 is 23.5 Å². The number of hydrogen-bond donors (Lipinski definition) is 3. The van der Waals surface area contributed by atoms with E-state index in [-0.39, 0.29) is 22.9 Å². The number of methoxy groups -OCH3 is 3. The van der Waals surface area contributed by atoms with E-state index in [9.17, 15) is 14.4 Å². The fourth-order valence-corrected chi connectivity index (χ4v) is 7.33. The third-order valence-electron chi connectivity index (χ3n) is 8.75. The van der Waals surface area contributed by atoms with Crippen LogP contribution in [0.1, 0.15) is 55.2 Å². The van der Waals surface area contributed by atoms with Gasteiger partial charge in [0.25, 0.3) is 0 Å². The summed E-state index contributed by atoms with van der Waals surface area (Å²) in [5, 5.41) is 18.2. The number of carbonyl (C=O) groups is 2. The van der Waals surface area contributed by atoms with Crippen LogP contribution in [-0.4, -0.2) is 77.8 Å². The highest BCUT2D eigenvalue weighted by atomic mass is 32.2. The molecule has 14 heteroatoms. The number of aryl methyl sites for hydroxylation is 1. The molecule has 0 bridgehead atoms. The van der Waals surface area contributed by atoms with Crippen LogP contribution in [0.2, 0.25) is 0 Å². The Labute approximate surface area is 300 Å². The summed E-state index contributed by atoms with van der Waals surface area (Å²) in [6, 6.07) is 11.1. The summed E-state index contributed by atoms with van der Waals surface area (Å²) in [4.78, 5) is 40.5. The van der Waals surface area contributed by atoms with Crippen molar-refractivity contribution in [3.63, 3.8) is 0 Å². The van der Waals surface area contributed by atoms with Gasteiger partial charge >= 0.3 is 0 Å². The number of carbonyl (C=O) groups excluding carboxylic acids is 2. The van der Waals surface area contributed by atoms with Gasteiger partial charge in [-0.05, 0) is 96.7 Å². The molecule has 266 valence electrons. The number of aromatic nitrogens is 3. The molecule has 2 aromatic heterocycles. The van der Waals surface area contributed by atoms with Crippen molar-refractivity contribution in [2.24, 2.45) is 0 Å². The number of hydrogen-bond acceptors (Lipinski definition) is 11. The van der Waals surface area contributed by atoms with E-state index in [0.717, 1.165) is 16.9 Å². The molecule has 0 spiro atoms. The molecule has 3 atom stereocenters. The predicted molar refractivity (Wildman–Crippen MR) is 200 cm³/mol. The van der Waals surface area contributed by atoms with Crippen molar-refractivity contribution in [1.82, 2.24) is 25.2 Å². The van der Waals surface area contributed by atoms with Crippen molar-refractivity contribution >= 4 is 46.7 Å². The number of fused-ring (bicyclic) bond motifs is 4. The zero-order valence-corrected chi connectivity index (χ0v) is 30.8. The van der Waals surface area contributed by atoms with E-state index in [0.29, 0.717) is 71.3 Å². The molecule has 2 amide bonds. The molecule has 1 aliphatic rings. The molecule has 0 saturated heterocycles. The highest BCUT2D eigenvalue weighted by molar-refractivity contribution is 7.98. The van der Waals surface area contributed by atoms with Crippen LogP contribution in [0.4, 0.5) is 5.69 Å². The standard InChI is InChI=1S/C36H44N6O6S2/c1-21(43)37-25-12-10-22-19-30(46-2)33(47-3)34(48-4)32(22)23-11-13-26(29(44)20-24(23)25)38-28(15-18-50-6)36(45)39-27(14-17-49-5)35-41-40-31-9-7-8-16-42(31)35/h7-9,11,13,16,19-20,25,27-28H,10,12,14-15,17-18H2,1-6H3,(H,37,43)(H,38,44)(H,39,45)/t25-,27-,28+/m0/s1. The minimum atomic E-state index is -0.717. The van der Waals surface area contributed by atoms with Gasteiger partial charge in [0.05, 0.1) is 39.1 Å². The Balaban J connectivity index is 1.56. The van der Waals surface area contributed by atoms with Gasteiger partial charge in [-0.3, -0.25) is 18.8 Å². The smallest absolute Gasteiger partial charge is 0.243 e. The lowest BCUT2D eigenvalue weighted by atomic mass is 9.95. The molecular weight excluding hydrogens is 677 g/mol. The first-order chi connectivity index (χ1) is 24.2. The first kappa shape index (κ1) is 36.8. The average molecular weight is 721 g/mol. The third kappa shape index (κ3) is 7.96. The summed E-state index contributed by atoms with van der Waals surface area (Å²) in [7, 11) is 4.68. The lowest BCUT2D eigenvalue weighted by Crippen LogP contribution is -2.43. The van der Waals surface area contributed by atoms with E-state index < -0.39 is 18.1 Å². The number of benzene rings is 1. The van der Waals surface area contributed by atoms with Crippen molar-refractivity contribution in [2.75, 3.05) is 50.7 Å². The van der Waals surface area contributed by atoms with Gasteiger partial charge < -0.3 is 30.2 Å². The zero-order chi connectivity index (χ0) is 35.8. The second-order valence-electron chi connectivity index (χ2n) is 11.9. The normalized spacial score (nSPS) is 14.8. The molecule has 0 unspecified atom stereocenters. The van der Waals surface area contributed by atoms with E-state index >= 15 is 0 Å². The van der Waals surface area contributed by atoms with E-state index in [1.54, 1.807) is 57.0 Å². The topological polar surface area (TPSA) is 145 Å². The number of nitrogens with zero attached hydrogens (tertiary/aromatic N) is 3. The maximum Gasteiger partial charge on any atom is 0.243 e. The van der Waals surface area contributed by atoms with Gasteiger partial charge in [-0.2, -0.15) is 23.5 Å². The van der Waals surface area contributed by atoms with Crippen molar-refractivity contribution in [3.8, 4) is 28.4 Å². The second kappa shape index (κ2) is 17.0. The number of ether oxygens (including phenoxy) is 3. The zero-order valence-electron chi connectivity index (χ0n) is 29.2.